The van der Waals surface area contributed by atoms with Crippen molar-refractivity contribution < 1.29 is 14.7 Å². The Morgan fingerprint density at radius 2 is 1.93 bits per heavy atom. The Kier molecular flexibility index (Phi) is 7.32. The number of carbonyl (C=O) groups is 2. The number of rotatable bonds is 8. The molecule has 2 unspecified atom stereocenters. The van der Waals surface area contributed by atoms with Gasteiger partial charge in [-0.15, -0.1) is 11.8 Å². The van der Waals surface area contributed by atoms with Crippen molar-refractivity contribution in [2.24, 2.45) is 0 Å². The first kappa shape index (κ1) is 21.1. The van der Waals surface area contributed by atoms with E-state index < -0.39 is 10.8 Å². The zero-order valence-electron chi connectivity index (χ0n) is 15.3. The van der Waals surface area contributed by atoms with E-state index in [9.17, 15) is 9.59 Å². The zero-order valence-corrected chi connectivity index (χ0v) is 17.7. The average Bonchev–Trinajstić information content (AvgIpc) is 2.68. The van der Waals surface area contributed by atoms with Crippen LogP contribution in [0.4, 0.5) is 0 Å². The molecule has 1 heterocycles. The van der Waals surface area contributed by atoms with Gasteiger partial charge >= 0.3 is 5.97 Å². The number of hydrogen-bond donors (Lipinski definition) is 2. The van der Waals surface area contributed by atoms with Gasteiger partial charge in [-0.25, -0.2) is 0 Å². The molecule has 3 rings (SSSR count). The van der Waals surface area contributed by atoms with Crippen molar-refractivity contribution in [3.63, 3.8) is 0 Å². The highest BCUT2D eigenvalue weighted by molar-refractivity contribution is 8.00. The number of carboxylic acids is 1. The third kappa shape index (κ3) is 5.46. The molecule has 148 valence electrons. The standard InChI is InChI=1S/C21H22ClNO3S2/c22-17-8-6-16(7-9-17)21(23-19(24)10-13-28-21)14-18(27-12-11-20(25)26)15-4-2-1-3-5-15/h1-9,18H,10-14H2,(H,23,24)(H,25,26). The molecular formula is C21H22ClNO3S2. The molecule has 0 radical (unpaired) electrons. The van der Waals surface area contributed by atoms with Gasteiger partial charge in [0.25, 0.3) is 0 Å². The number of carbonyl (C=O) groups excluding carboxylic acids is 1. The van der Waals surface area contributed by atoms with E-state index in [4.69, 9.17) is 16.7 Å². The highest BCUT2D eigenvalue weighted by atomic mass is 35.5. The maximum atomic E-state index is 12.3. The molecule has 0 spiro atoms. The minimum Gasteiger partial charge on any atom is -0.481 e. The molecule has 1 fully saturated rings. The summed E-state index contributed by atoms with van der Waals surface area (Å²) in [6, 6.07) is 17.7. The normalized spacial score (nSPS) is 20.4. The molecule has 2 atom stereocenters. The number of carboxylic acid groups (broad SMARTS) is 1. The Morgan fingerprint density at radius 3 is 2.57 bits per heavy atom. The molecule has 0 aromatic heterocycles. The van der Waals surface area contributed by atoms with Crippen LogP contribution < -0.4 is 5.32 Å². The zero-order chi connectivity index (χ0) is 20.0. The molecule has 0 aliphatic carbocycles. The molecule has 7 heteroatoms. The summed E-state index contributed by atoms with van der Waals surface area (Å²) in [6.07, 6.45) is 1.28. The van der Waals surface area contributed by atoms with Crippen LogP contribution in [0.15, 0.2) is 54.6 Å². The van der Waals surface area contributed by atoms with Gasteiger partial charge in [0.15, 0.2) is 0 Å². The molecule has 1 amide bonds. The van der Waals surface area contributed by atoms with Crippen molar-refractivity contribution in [2.75, 3.05) is 11.5 Å². The smallest absolute Gasteiger partial charge is 0.304 e. The van der Waals surface area contributed by atoms with Crippen LogP contribution in [0, 0.1) is 0 Å². The lowest BCUT2D eigenvalue weighted by Gasteiger charge is -2.40. The Labute approximate surface area is 178 Å². The van der Waals surface area contributed by atoms with Crippen LogP contribution in [0.1, 0.15) is 35.6 Å². The fourth-order valence-corrected chi connectivity index (χ4v) is 6.17. The van der Waals surface area contributed by atoms with E-state index in [1.54, 1.807) is 23.5 Å². The molecule has 2 aromatic rings. The van der Waals surface area contributed by atoms with Gasteiger partial charge in [0, 0.05) is 34.6 Å². The molecule has 28 heavy (non-hydrogen) atoms. The summed E-state index contributed by atoms with van der Waals surface area (Å²) in [6.45, 7) is 0. The van der Waals surface area contributed by atoms with E-state index in [-0.39, 0.29) is 17.6 Å². The number of aliphatic carboxylic acids is 1. The summed E-state index contributed by atoms with van der Waals surface area (Å²) in [5, 5.41) is 12.9. The summed E-state index contributed by atoms with van der Waals surface area (Å²) in [5.41, 5.74) is 2.14. The Hall–Kier alpha value is -1.63. The number of halogens is 1. The van der Waals surface area contributed by atoms with Crippen LogP contribution in [0.5, 0.6) is 0 Å². The summed E-state index contributed by atoms with van der Waals surface area (Å²) < 4.78 is 0. The molecule has 0 saturated carbocycles. The van der Waals surface area contributed by atoms with Gasteiger partial charge in [0.1, 0.15) is 4.87 Å². The first-order valence-corrected chi connectivity index (χ1v) is 11.5. The largest absolute Gasteiger partial charge is 0.481 e. The predicted molar refractivity (Wildman–Crippen MR) is 117 cm³/mol. The molecule has 2 N–H and O–H groups in total. The summed E-state index contributed by atoms with van der Waals surface area (Å²) >= 11 is 9.42. The van der Waals surface area contributed by atoms with E-state index >= 15 is 0 Å². The molecule has 1 aliphatic heterocycles. The molecule has 1 aliphatic rings. The fourth-order valence-electron chi connectivity index (χ4n) is 3.23. The quantitative estimate of drug-likeness (QED) is 0.604. The number of nitrogens with one attached hydrogen (secondary N) is 1. The molecule has 2 aromatic carbocycles. The van der Waals surface area contributed by atoms with Crippen molar-refractivity contribution in [1.29, 1.82) is 0 Å². The van der Waals surface area contributed by atoms with E-state index in [0.29, 0.717) is 23.6 Å². The second kappa shape index (κ2) is 9.72. The molecular weight excluding hydrogens is 414 g/mol. The SMILES string of the molecule is O=C(O)CCSC(CC1(c2ccc(Cl)cc2)NC(=O)CCS1)c1ccccc1. The Morgan fingerprint density at radius 1 is 1.21 bits per heavy atom. The van der Waals surface area contributed by atoms with E-state index in [1.165, 1.54) is 0 Å². The van der Waals surface area contributed by atoms with Gasteiger partial charge in [-0.2, -0.15) is 11.8 Å². The van der Waals surface area contributed by atoms with Crippen LogP contribution in [-0.4, -0.2) is 28.5 Å². The monoisotopic (exact) mass is 435 g/mol. The van der Waals surface area contributed by atoms with Gasteiger partial charge < -0.3 is 10.4 Å². The lowest BCUT2D eigenvalue weighted by Crippen LogP contribution is -2.47. The van der Waals surface area contributed by atoms with Gasteiger partial charge in [-0.05, 0) is 23.3 Å². The maximum absolute atomic E-state index is 12.3. The fraction of sp³-hybridized carbons (Fsp3) is 0.333. The number of thioether (sulfide) groups is 2. The number of benzene rings is 2. The summed E-state index contributed by atoms with van der Waals surface area (Å²) in [7, 11) is 0. The van der Waals surface area contributed by atoms with Gasteiger partial charge in [0.05, 0.1) is 6.42 Å². The number of hydrogen-bond acceptors (Lipinski definition) is 4. The van der Waals surface area contributed by atoms with Crippen molar-refractivity contribution in [2.45, 2.75) is 29.4 Å². The van der Waals surface area contributed by atoms with Crippen LogP contribution in [0.25, 0.3) is 0 Å². The van der Waals surface area contributed by atoms with Crippen molar-refractivity contribution in [1.82, 2.24) is 5.32 Å². The van der Waals surface area contributed by atoms with Crippen LogP contribution >= 0.6 is 35.1 Å². The second-order valence-electron chi connectivity index (χ2n) is 6.60. The van der Waals surface area contributed by atoms with Crippen LogP contribution in [0.2, 0.25) is 5.02 Å². The Balaban J connectivity index is 1.91. The second-order valence-corrected chi connectivity index (χ2v) is 9.74. The van der Waals surface area contributed by atoms with E-state index in [0.717, 1.165) is 16.9 Å². The summed E-state index contributed by atoms with van der Waals surface area (Å²) in [5.74, 6) is 0.503. The number of amides is 1. The van der Waals surface area contributed by atoms with E-state index in [2.05, 4.69) is 17.4 Å². The minimum absolute atomic E-state index is 0.0380. The van der Waals surface area contributed by atoms with Crippen molar-refractivity contribution in [3.8, 4) is 0 Å². The highest BCUT2D eigenvalue weighted by Crippen LogP contribution is 2.48. The van der Waals surface area contributed by atoms with Crippen LogP contribution in [-0.2, 0) is 14.5 Å². The van der Waals surface area contributed by atoms with Gasteiger partial charge in [0.2, 0.25) is 5.91 Å². The molecule has 1 saturated heterocycles. The Bertz CT molecular complexity index is 816. The third-order valence-corrected chi connectivity index (χ3v) is 7.55. The van der Waals surface area contributed by atoms with Crippen LogP contribution in [0.3, 0.4) is 0 Å². The van der Waals surface area contributed by atoms with Gasteiger partial charge in [-0.1, -0.05) is 54.1 Å². The maximum Gasteiger partial charge on any atom is 0.304 e. The predicted octanol–water partition coefficient (Wildman–Crippen LogP) is 5.09. The third-order valence-electron chi connectivity index (χ3n) is 4.61. The van der Waals surface area contributed by atoms with Crippen molar-refractivity contribution in [3.05, 3.63) is 70.7 Å². The lowest BCUT2D eigenvalue weighted by molar-refractivity contribution is -0.136. The topological polar surface area (TPSA) is 66.4 Å². The lowest BCUT2D eigenvalue weighted by atomic mass is 9.97. The first-order valence-electron chi connectivity index (χ1n) is 9.08. The molecule has 4 nitrogen and oxygen atoms in total. The van der Waals surface area contributed by atoms with E-state index in [1.807, 2.05) is 42.5 Å². The first-order chi connectivity index (χ1) is 13.5. The average molecular weight is 436 g/mol. The summed E-state index contributed by atoms with van der Waals surface area (Å²) in [4.78, 5) is 22.7. The minimum atomic E-state index is -0.799. The van der Waals surface area contributed by atoms with Crippen molar-refractivity contribution >= 4 is 47.0 Å². The molecule has 0 bridgehead atoms. The van der Waals surface area contributed by atoms with Gasteiger partial charge in [-0.3, -0.25) is 9.59 Å². The highest BCUT2D eigenvalue weighted by Gasteiger charge is 2.40.